The Bertz CT molecular complexity index is 411. The van der Waals surface area contributed by atoms with Crippen LogP contribution in [0.2, 0.25) is 0 Å². The molecule has 1 fully saturated rings. The molecule has 1 heterocycles. The third kappa shape index (κ3) is 2.71. The van der Waals surface area contributed by atoms with Crippen LogP contribution in [0.3, 0.4) is 0 Å². The minimum absolute atomic E-state index is 0.158. The van der Waals surface area contributed by atoms with Crippen molar-refractivity contribution in [2.24, 2.45) is 5.73 Å². The molecule has 1 saturated heterocycles. The van der Waals surface area contributed by atoms with E-state index in [0.717, 1.165) is 30.6 Å². The predicted octanol–water partition coefficient (Wildman–Crippen LogP) is 1.85. The van der Waals surface area contributed by atoms with Gasteiger partial charge in [0.2, 0.25) is 0 Å². The summed E-state index contributed by atoms with van der Waals surface area (Å²) in [6.45, 7) is 4.36. The number of ether oxygens (including phenoxy) is 1. The molecule has 1 aliphatic rings. The Labute approximate surface area is 108 Å². The highest BCUT2D eigenvalue weighted by Gasteiger charge is 2.29. The van der Waals surface area contributed by atoms with E-state index in [9.17, 15) is 4.39 Å². The Morgan fingerprint density at radius 1 is 1.56 bits per heavy atom. The molecule has 1 aliphatic heterocycles. The van der Waals surface area contributed by atoms with E-state index < -0.39 is 0 Å². The maximum atomic E-state index is 13.1. The van der Waals surface area contributed by atoms with E-state index in [2.05, 4.69) is 4.90 Å². The largest absolute Gasteiger partial charge is 0.380 e. The van der Waals surface area contributed by atoms with Gasteiger partial charge in [-0.3, -0.25) is 4.90 Å². The van der Waals surface area contributed by atoms with E-state index in [-0.39, 0.29) is 11.9 Å². The molecule has 100 valence electrons. The number of likely N-dealkylation sites (tertiary alicyclic amines) is 1. The van der Waals surface area contributed by atoms with Crippen molar-refractivity contribution in [3.63, 3.8) is 0 Å². The lowest BCUT2D eigenvalue weighted by molar-refractivity contribution is 0.101. The second-order valence-corrected chi connectivity index (χ2v) is 4.89. The van der Waals surface area contributed by atoms with Gasteiger partial charge in [0.1, 0.15) is 5.82 Å². The van der Waals surface area contributed by atoms with Crippen LogP contribution in [0.1, 0.15) is 23.6 Å². The molecule has 0 radical (unpaired) electrons. The van der Waals surface area contributed by atoms with Gasteiger partial charge in [-0.05, 0) is 36.6 Å². The van der Waals surface area contributed by atoms with Crippen molar-refractivity contribution in [3.05, 3.63) is 35.1 Å². The summed E-state index contributed by atoms with van der Waals surface area (Å²) < 4.78 is 18.5. The van der Waals surface area contributed by atoms with E-state index in [1.54, 1.807) is 13.2 Å². The topological polar surface area (TPSA) is 38.5 Å². The summed E-state index contributed by atoms with van der Waals surface area (Å²) in [5, 5.41) is 0. The molecule has 0 aromatic heterocycles. The van der Waals surface area contributed by atoms with Gasteiger partial charge < -0.3 is 10.5 Å². The first kappa shape index (κ1) is 13.5. The summed E-state index contributed by atoms with van der Waals surface area (Å²) in [4.78, 5) is 2.33. The first-order valence-corrected chi connectivity index (χ1v) is 6.38. The Hall–Kier alpha value is -0.970. The number of methoxy groups -OCH3 is 1. The second kappa shape index (κ2) is 5.78. The molecule has 1 aromatic rings. The van der Waals surface area contributed by atoms with Crippen molar-refractivity contribution in [1.29, 1.82) is 0 Å². The van der Waals surface area contributed by atoms with E-state index >= 15 is 0 Å². The quantitative estimate of drug-likeness (QED) is 0.889. The molecule has 1 aromatic carbocycles. The molecule has 2 N–H and O–H groups in total. The number of nitrogens with zero attached hydrogens (tertiary/aromatic N) is 1. The third-order valence-electron chi connectivity index (χ3n) is 3.76. The van der Waals surface area contributed by atoms with E-state index in [4.69, 9.17) is 10.5 Å². The van der Waals surface area contributed by atoms with Crippen LogP contribution in [-0.4, -0.2) is 37.7 Å². The van der Waals surface area contributed by atoms with Crippen LogP contribution in [-0.2, 0) is 4.74 Å². The Morgan fingerprint density at radius 3 is 2.89 bits per heavy atom. The number of hydrogen-bond donors (Lipinski definition) is 1. The van der Waals surface area contributed by atoms with Crippen molar-refractivity contribution in [3.8, 4) is 0 Å². The van der Waals surface area contributed by atoms with Gasteiger partial charge in [0.15, 0.2) is 0 Å². The lowest BCUT2D eigenvalue weighted by Crippen LogP contribution is -2.33. The van der Waals surface area contributed by atoms with Crippen LogP contribution in [0, 0.1) is 12.7 Å². The fourth-order valence-corrected chi connectivity index (χ4v) is 2.72. The molecular weight excluding hydrogens is 231 g/mol. The fourth-order valence-electron chi connectivity index (χ4n) is 2.72. The molecule has 0 amide bonds. The maximum absolute atomic E-state index is 13.1. The van der Waals surface area contributed by atoms with Crippen LogP contribution < -0.4 is 5.73 Å². The van der Waals surface area contributed by atoms with Gasteiger partial charge in [0.05, 0.1) is 6.10 Å². The summed E-state index contributed by atoms with van der Waals surface area (Å²) in [6, 6.07) is 5.09. The van der Waals surface area contributed by atoms with Crippen LogP contribution in [0.25, 0.3) is 0 Å². The number of nitrogens with two attached hydrogens (primary N) is 1. The Kier molecular flexibility index (Phi) is 4.32. The second-order valence-electron chi connectivity index (χ2n) is 4.89. The minimum atomic E-state index is -0.191. The van der Waals surface area contributed by atoms with E-state index in [1.165, 1.54) is 6.07 Å². The summed E-state index contributed by atoms with van der Waals surface area (Å²) in [5.41, 5.74) is 7.99. The summed E-state index contributed by atoms with van der Waals surface area (Å²) >= 11 is 0. The lowest BCUT2D eigenvalue weighted by Gasteiger charge is -2.28. The standard InChI is InChI=1S/C14H21FN2O/c1-10-7-11(15)3-4-13(10)14(8-16)17-6-5-12(9-17)18-2/h3-4,7,12,14H,5-6,8-9,16H2,1-2H3. The summed E-state index contributed by atoms with van der Waals surface area (Å²) in [5.74, 6) is -0.191. The average molecular weight is 252 g/mol. The van der Waals surface area contributed by atoms with Crippen LogP contribution >= 0.6 is 0 Å². The highest BCUT2D eigenvalue weighted by molar-refractivity contribution is 5.30. The zero-order valence-corrected chi connectivity index (χ0v) is 11.0. The third-order valence-corrected chi connectivity index (χ3v) is 3.76. The van der Waals surface area contributed by atoms with Crippen LogP contribution in [0.4, 0.5) is 4.39 Å². The molecule has 2 rings (SSSR count). The number of hydrogen-bond acceptors (Lipinski definition) is 3. The van der Waals surface area contributed by atoms with Gasteiger partial charge in [0.25, 0.3) is 0 Å². The monoisotopic (exact) mass is 252 g/mol. The fraction of sp³-hybridized carbons (Fsp3) is 0.571. The highest BCUT2D eigenvalue weighted by atomic mass is 19.1. The van der Waals surface area contributed by atoms with Gasteiger partial charge in [-0.2, -0.15) is 0 Å². The first-order chi connectivity index (χ1) is 8.65. The molecule has 0 bridgehead atoms. The first-order valence-electron chi connectivity index (χ1n) is 6.38. The highest BCUT2D eigenvalue weighted by Crippen LogP contribution is 2.27. The number of halogens is 1. The molecule has 18 heavy (non-hydrogen) atoms. The normalized spacial score (nSPS) is 22.3. The molecule has 4 heteroatoms. The number of benzene rings is 1. The minimum Gasteiger partial charge on any atom is -0.380 e. The molecule has 0 spiro atoms. The predicted molar refractivity (Wildman–Crippen MR) is 69.9 cm³/mol. The lowest BCUT2D eigenvalue weighted by atomic mass is 10.00. The summed E-state index contributed by atoms with van der Waals surface area (Å²) in [7, 11) is 1.74. The Balaban J connectivity index is 2.18. The van der Waals surface area contributed by atoms with E-state index in [0.29, 0.717) is 12.6 Å². The zero-order chi connectivity index (χ0) is 13.1. The van der Waals surface area contributed by atoms with Crippen LogP contribution in [0.15, 0.2) is 18.2 Å². The van der Waals surface area contributed by atoms with Crippen molar-refractivity contribution >= 4 is 0 Å². The number of aryl methyl sites for hydroxylation is 1. The van der Waals surface area contributed by atoms with Crippen molar-refractivity contribution in [2.45, 2.75) is 25.5 Å². The SMILES string of the molecule is COC1CCN(C(CN)c2ccc(F)cc2C)C1. The van der Waals surface area contributed by atoms with Gasteiger partial charge in [0, 0.05) is 32.8 Å². The summed E-state index contributed by atoms with van der Waals surface area (Å²) in [6.07, 6.45) is 1.33. The van der Waals surface area contributed by atoms with Gasteiger partial charge in [-0.15, -0.1) is 0 Å². The van der Waals surface area contributed by atoms with Gasteiger partial charge in [-0.25, -0.2) is 4.39 Å². The van der Waals surface area contributed by atoms with E-state index in [1.807, 2.05) is 13.0 Å². The smallest absolute Gasteiger partial charge is 0.123 e. The molecule has 0 saturated carbocycles. The van der Waals surface area contributed by atoms with Gasteiger partial charge in [-0.1, -0.05) is 6.07 Å². The van der Waals surface area contributed by atoms with Crippen molar-refractivity contribution in [2.75, 3.05) is 26.7 Å². The number of rotatable bonds is 4. The molecule has 3 nitrogen and oxygen atoms in total. The van der Waals surface area contributed by atoms with Gasteiger partial charge >= 0.3 is 0 Å². The molecule has 2 unspecified atom stereocenters. The zero-order valence-electron chi connectivity index (χ0n) is 11.0. The van der Waals surface area contributed by atoms with Crippen LogP contribution in [0.5, 0.6) is 0 Å². The average Bonchev–Trinajstić information content (AvgIpc) is 2.81. The molecule has 2 atom stereocenters. The van der Waals surface area contributed by atoms with Crippen molar-refractivity contribution < 1.29 is 9.13 Å². The molecule has 0 aliphatic carbocycles. The maximum Gasteiger partial charge on any atom is 0.123 e. The molecular formula is C14H21FN2O. The Morgan fingerprint density at radius 2 is 2.33 bits per heavy atom. The van der Waals surface area contributed by atoms with Crippen molar-refractivity contribution in [1.82, 2.24) is 4.90 Å².